The fourth-order valence-electron chi connectivity index (χ4n) is 1.78. The number of rotatable bonds is 2. The van der Waals surface area contributed by atoms with Crippen LogP contribution in [0.1, 0.15) is 24.8 Å². The summed E-state index contributed by atoms with van der Waals surface area (Å²) in [6.07, 6.45) is 1.08. The second-order valence-electron chi connectivity index (χ2n) is 3.68. The predicted molar refractivity (Wildman–Crippen MR) is 49.5 cm³/mol. The maximum atomic E-state index is 13.4. The van der Waals surface area contributed by atoms with Crippen LogP contribution in [-0.4, -0.2) is 7.11 Å². The molecule has 2 heteroatoms. The molecule has 2 atom stereocenters. The van der Waals surface area contributed by atoms with Gasteiger partial charge in [-0.05, 0) is 30.4 Å². The highest BCUT2D eigenvalue weighted by molar-refractivity contribution is 5.40. The van der Waals surface area contributed by atoms with Crippen molar-refractivity contribution in [2.45, 2.75) is 19.3 Å². The summed E-state index contributed by atoms with van der Waals surface area (Å²) in [5, 5.41) is 0. The van der Waals surface area contributed by atoms with Crippen molar-refractivity contribution in [3.63, 3.8) is 0 Å². The Balaban J connectivity index is 2.41. The quantitative estimate of drug-likeness (QED) is 0.679. The third-order valence-electron chi connectivity index (χ3n) is 2.71. The summed E-state index contributed by atoms with van der Waals surface area (Å²) in [5.41, 5.74) is 0.762. The average molecular weight is 180 g/mol. The smallest absolute Gasteiger partial charge is 0.130 e. The van der Waals surface area contributed by atoms with Gasteiger partial charge in [-0.15, -0.1) is 0 Å². The Morgan fingerprint density at radius 1 is 1.46 bits per heavy atom. The summed E-state index contributed by atoms with van der Waals surface area (Å²) < 4.78 is 18.6. The largest absolute Gasteiger partial charge is 0.496 e. The summed E-state index contributed by atoms with van der Waals surface area (Å²) in [7, 11) is 1.59. The van der Waals surface area contributed by atoms with Gasteiger partial charge in [0.1, 0.15) is 11.6 Å². The minimum absolute atomic E-state index is 0.131. The van der Waals surface area contributed by atoms with E-state index in [0.29, 0.717) is 17.6 Å². The molecule has 0 N–H and O–H groups in total. The zero-order valence-electron chi connectivity index (χ0n) is 7.88. The standard InChI is InChI=1S/C11H13FO/c1-7-6-8(7)11-9(12)4-3-5-10(11)13-2/h3-5,7-8H,6H2,1-2H3/t7-,8-/m0/s1. The lowest BCUT2D eigenvalue weighted by atomic mass is 10.1. The van der Waals surface area contributed by atoms with E-state index < -0.39 is 0 Å². The zero-order chi connectivity index (χ0) is 9.42. The van der Waals surface area contributed by atoms with Crippen molar-refractivity contribution in [2.75, 3.05) is 7.11 Å². The first-order chi connectivity index (χ1) is 6.24. The van der Waals surface area contributed by atoms with Crippen molar-refractivity contribution < 1.29 is 9.13 Å². The molecule has 1 aliphatic carbocycles. The minimum atomic E-state index is -0.131. The van der Waals surface area contributed by atoms with Gasteiger partial charge in [-0.3, -0.25) is 0 Å². The molecular formula is C11H13FO. The number of methoxy groups -OCH3 is 1. The van der Waals surface area contributed by atoms with Crippen LogP contribution in [0.5, 0.6) is 5.75 Å². The average Bonchev–Trinajstić information content (AvgIpc) is 2.82. The Kier molecular flexibility index (Phi) is 1.98. The Bertz CT molecular complexity index is 322. The molecule has 1 fully saturated rings. The van der Waals surface area contributed by atoms with Gasteiger partial charge in [0.05, 0.1) is 7.11 Å². The van der Waals surface area contributed by atoms with Crippen LogP contribution in [0.3, 0.4) is 0 Å². The second kappa shape index (κ2) is 3.02. The maximum absolute atomic E-state index is 13.4. The normalized spacial score (nSPS) is 25.8. The molecule has 70 valence electrons. The lowest BCUT2D eigenvalue weighted by molar-refractivity contribution is 0.404. The monoisotopic (exact) mass is 180 g/mol. The van der Waals surface area contributed by atoms with Crippen molar-refractivity contribution in [2.24, 2.45) is 5.92 Å². The summed E-state index contributed by atoms with van der Waals surface area (Å²) in [5.74, 6) is 1.53. The van der Waals surface area contributed by atoms with E-state index in [9.17, 15) is 4.39 Å². The second-order valence-corrected chi connectivity index (χ2v) is 3.68. The van der Waals surface area contributed by atoms with Crippen LogP contribution >= 0.6 is 0 Å². The topological polar surface area (TPSA) is 9.23 Å². The maximum Gasteiger partial charge on any atom is 0.130 e. The highest BCUT2D eigenvalue weighted by atomic mass is 19.1. The van der Waals surface area contributed by atoms with Crippen LogP contribution in [0, 0.1) is 11.7 Å². The van der Waals surface area contributed by atoms with Gasteiger partial charge in [-0.1, -0.05) is 13.0 Å². The molecule has 1 saturated carbocycles. The van der Waals surface area contributed by atoms with Crippen LogP contribution in [0.4, 0.5) is 4.39 Å². The summed E-state index contributed by atoms with van der Waals surface area (Å²) >= 11 is 0. The number of hydrogen-bond donors (Lipinski definition) is 0. The Morgan fingerprint density at radius 3 is 2.69 bits per heavy atom. The van der Waals surface area contributed by atoms with E-state index >= 15 is 0 Å². The number of ether oxygens (including phenoxy) is 1. The van der Waals surface area contributed by atoms with E-state index in [1.54, 1.807) is 13.2 Å². The molecule has 0 aliphatic heterocycles. The molecular weight excluding hydrogens is 167 g/mol. The molecule has 0 amide bonds. The fraction of sp³-hybridized carbons (Fsp3) is 0.455. The predicted octanol–water partition coefficient (Wildman–Crippen LogP) is 2.96. The Labute approximate surface area is 77.5 Å². The van der Waals surface area contributed by atoms with Crippen LogP contribution in [0.2, 0.25) is 0 Å². The molecule has 0 bridgehead atoms. The fourth-order valence-corrected chi connectivity index (χ4v) is 1.78. The molecule has 0 spiro atoms. The number of hydrogen-bond acceptors (Lipinski definition) is 1. The van der Waals surface area contributed by atoms with Crippen LogP contribution in [0.15, 0.2) is 18.2 Å². The van der Waals surface area contributed by atoms with Gasteiger partial charge in [0, 0.05) is 5.56 Å². The van der Waals surface area contributed by atoms with Crippen LogP contribution in [0.25, 0.3) is 0 Å². The summed E-state index contributed by atoms with van der Waals surface area (Å²) in [6.45, 7) is 2.14. The molecule has 0 aromatic heterocycles. The third kappa shape index (κ3) is 1.41. The first-order valence-electron chi connectivity index (χ1n) is 4.56. The molecule has 0 radical (unpaired) electrons. The first-order valence-corrected chi connectivity index (χ1v) is 4.56. The van der Waals surface area contributed by atoms with Crippen molar-refractivity contribution in [1.29, 1.82) is 0 Å². The van der Waals surface area contributed by atoms with Gasteiger partial charge in [-0.25, -0.2) is 4.39 Å². The van der Waals surface area contributed by atoms with Gasteiger partial charge in [0.25, 0.3) is 0 Å². The molecule has 0 unspecified atom stereocenters. The first kappa shape index (κ1) is 8.54. The molecule has 0 heterocycles. The van der Waals surface area contributed by atoms with E-state index in [1.165, 1.54) is 6.07 Å². The minimum Gasteiger partial charge on any atom is -0.496 e. The Hall–Kier alpha value is -1.05. The highest BCUT2D eigenvalue weighted by Crippen LogP contribution is 2.50. The van der Waals surface area contributed by atoms with E-state index in [4.69, 9.17) is 4.74 Å². The van der Waals surface area contributed by atoms with Gasteiger partial charge >= 0.3 is 0 Å². The molecule has 1 aliphatic rings. The molecule has 1 aromatic carbocycles. The molecule has 1 nitrogen and oxygen atoms in total. The van der Waals surface area contributed by atoms with Gasteiger partial charge in [0.15, 0.2) is 0 Å². The van der Waals surface area contributed by atoms with Crippen molar-refractivity contribution in [1.82, 2.24) is 0 Å². The van der Waals surface area contributed by atoms with Crippen molar-refractivity contribution in [3.05, 3.63) is 29.6 Å². The van der Waals surface area contributed by atoms with Crippen molar-refractivity contribution in [3.8, 4) is 5.75 Å². The van der Waals surface area contributed by atoms with Gasteiger partial charge in [0.2, 0.25) is 0 Å². The van der Waals surface area contributed by atoms with Crippen LogP contribution in [-0.2, 0) is 0 Å². The van der Waals surface area contributed by atoms with E-state index in [-0.39, 0.29) is 5.82 Å². The van der Waals surface area contributed by atoms with E-state index in [2.05, 4.69) is 6.92 Å². The SMILES string of the molecule is COc1cccc(F)c1[C@H]1C[C@@H]1C. The number of halogens is 1. The van der Waals surface area contributed by atoms with Crippen molar-refractivity contribution >= 4 is 0 Å². The Morgan fingerprint density at radius 2 is 2.15 bits per heavy atom. The van der Waals surface area contributed by atoms with E-state index in [1.807, 2.05) is 6.07 Å². The third-order valence-corrected chi connectivity index (χ3v) is 2.71. The highest BCUT2D eigenvalue weighted by Gasteiger charge is 2.37. The number of benzene rings is 1. The molecule has 2 rings (SSSR count). The lowest BCUT2D eigenvalue weighted by Crippen LogP contribution is -1.94. The van der Waals surface area contributed by atoms with Gasteiger partial charge in [-0.2, -0.15) is 0 Å². The van der Waals surface area contributed by atoms with Gasteiger partial charge < -0.3 is 4.74 Å². The molecule has 13 heavy (non-hydrogen) atoms. The summed E-state index contributed by atoms with van der Waals surface area (Å²) in [4.78, 5) is 0. The van der Waals surface area contributed by atoms with Crippen LogP contribution < -0.4 is 4.74 Å². The van der Waals surface area contributed by atoms with E-state index in [0.717, 1.165) is 12.0 Å². The molecule has 1 aromatic rings. The summed E-state index contributed by atoms with van der Waals surface area (Å²) in [6, 6.07) is 5.01. The molecule has 0 saturated heterocycles. The zero-order valence-corrected chi connectivity index (χ0v) is 7.88. The lowest BCUT2D eigenvalue weighted by Gasteiger charge is -2.08.